The fourth-order valence-corrected chi connectivity index (χ4v) is 2.57. The molecule has 2 heteroatoms. The van der Waals surface area contributed by atoms with Crippen LogP contribution < -0.4 is 5.73 Å². The van der Waals surface area contributed by atoms with Gasteiger partial charge in [-0.2, -0.15) is 0 Å². The van der Waals surface area contributed by atoms with Crippen LogP contribution in [0.3, 0.4) is 0 Å². The Hall–Kier alpha value is -0.0800. The highest BCUT2D eigenvalue weighted by molar-refractivity contribution is 4.82. The van der Waals surface area contributed by atoms with Gasteiger partial charge in [0.2, 0.25) is 0 Å². The number of nitrogens with two attached hydrogens (primary N) is 1. The summed E-state index contributed by atoms with van der Waals surface area (Å²) in [4.78, 5) is 0. The molecule has 1 saturated carbocycles. The molecule has 70 valence electrons. The molecule has 1 heterocycles. The summed E-state index contributed by atoms with van der Waals surface area (Å²) in [6.07, 6.45) is 8.91. The molecule has 3 atom stereocenters. The van der Waals surface area contributed by atoms with Crippen molar-refractivity contribution < 1.29 is 4.74 Å². The van der Waals surface area contributed by atoms with Crippen LogP contribution in [0.4, 0.5) is 0 Å². The fourth-order valence-electron chi connectivity index (χ4n) is 2.57. The zero-order chi connectivity index (χ0) is 8.39. The Balaban J connectivity index is 1.90. The van der Waals surface area contributed by atoms with Crippen LogP contribution in [-0.4, -0.2) is 18.8 Å². The van der Waals surface area contributed by atoms with Gasteiger partial charge in [0, 0.05) is 6.54 Å². The fraction of sp³-hybridized carbons (Fsp3) is 1.00. The second-order valence-electron chi connectivity index (χ2n) is 4.15. The Morgan fingerprint density at radius 2 is 1.92 bits per heavy atom. The first-order valence-corrected chi connectivity index (χ1v) is 5.25. The van der Waals surface area contributed by atoms with E-state index in [-0.39, 0.29) is 0 Å². The van der Waals surface area contributed by atoms with E-state index in [1.807, 2.05) is 0 Å². The van der Waals surface area contributed by atoms with E-state index in [1.54, 1.807) is 0 Å². The number of hydrogen-bond donors (Lipinski definition) is 1. The molecule has 1 saturated heterocycles. The molecule has 12 heavy (non-hydrogen) atoms. The van der Waals surface area contributed by atoms with Crippen molar-refractivity contribution in [2.24, 2.45) is 11.7 Å². The molecule has 1 aliphatic heterocycles. The van der Waals surface area contributed by atoms with E-state index in [0.717, 1.165) is 5.92 Å². The van der Waals surface area contributed by atoms with E-state index in [1.165, 1.54) is 38.5 Å². The van der Waals surface area contributed by atoms with E-state index < -0.39 is 0 Å². The number of ether oxygens (including phenoxy) is 1. The maximum absolute atomic E-state index is 5.91. The summed E-state index contributed by atoms with van der Waals surface area (Å²) in [5.41, 5.74) is 5.60. The summed E-state index contributed by atoms with van der Waals surface area (Å²) >= 11 is 0. The zero-order valence-electron chi connectivity index (χ0n) is 7.67. The first-order valence-electron chi connectivity index (χ1n) is 5.25. The molecule has 0 aromatic heterocycles. The summed E-state index contributed by atoms with van der Waals surface area (Å²) in [6.45, 7) is 0.712. The van der Waals surface area contributed by atoms with Gasteiger partial charge in [-0.05, 0) is 31.6 Å². The van der Waals surface area contributed by atoms with Crippen molar-refractivity contribution in [2.75, 3.05) is 6.54 Å². The zero-order valence-corrected chi connectivity index (χ0v) is 7.67. The quantitative estimate of drug-likeness (QED) is 0.648. The van der Waals surface area contributed by atoms with Gasteiger partial charge in [0.25, 0.3) is 0 Å². The van der Waals surface area contributed by atoms with Crippen LogP contribution in [0.2, 0.25) is 0 Å². The highest BCUT2D eigenvalue weighted by atomic mass is 16.5. The highest BCUT2D eigenvalue weighted by Gasteiger charge is 2.32. The SMILES string of the molecule is NCC1CCC2CCCCC2O1. The Morgan fingerprint density at radius 3 is 2.75 bits per heavy atom. The Kier molecular flexibility index (Phi) is 2.66. The predicted octanol–water partition coefficient (Wildman–Crippen LogP) is 1.68. The summed E-state index contributed by atoms with van der Waals surface area (Å²) in [5.74, 6) is 0.863. The van der Waals surface area contributed by atoms with Crippen molar-refractivity contribution in [3.63, 3.8) is 0 Å². The third kappa shape index (κ3) is 1.64. The molecule has 1 aliphatic carbocycles. The van der Waals surface area contributed by atoms with Gasteiger partial charge in [0.15, 0.2) is 0 Å². The van der Waals surface area contributed by atoms with Crippen LogP contribution in [0.1, 0.15) is 38.5 Å². The van der Waals surface area contributed by atoms with E-state index in [4.69, 9.17) is 10.5 Å². The summed E-state index contributed by atoms with van der Waals surface area (Å²) in [5, 5.41) is 0. The summed E-state index contributed by atoms with van der Waals surface area (Å²) < 4.78 is 5.91. The Morgan fingerprint density at radius 1 is 1.08 bits per heavy atom. The Bertz CT molecular complexity index is 149. The third-order valence-corrected chi connectivity index (χ3v) is 3.33. The molecular weight excluding hydrogens is 150 g/mol. The van der Waals surface area contributed by atoms with Crippen molar-refractivity contribution in [1.29, 1.82) is 0 Å². The van der Waals surface area contributed by atoms with Crippen LogP contribution in [0.5, 0.6) is 0 Å². The standard InChI is InChI=1S/C10H19NO/c11-7-9-6-5-8-3-1-2-4-10(8)12-9/h8-10H,1-7,11H2. The average molecular weight is 169 g/mol. The van der Waals surface area contributed by atoms with E-state index >= 15 is 0 Å². The molecular formula is C10H19NO. The lowest BCUT2D eigenvalue weighted by Crippen LogP contribution is -2.40. The van der Waals surface area contributed by atoms with Gasteiger partial charge in [0.05, 0.1) is 12.2 Å². The molecule has 2 rings (SSSR count). The molecule has 0 bridgehead atoms. The monoisotopic (exact) mass is 169 g/mol. The van der Waals surface area contributed by atoms with E-state index in [9.17, 15) is 0 Å². The molecule has 2 N–H and O–H groups in total. The molecule has 0 aromatic carbocycles. The van der Waals surface area contributed by atoms with Crippen LogP contribution >= 0.6 is 0 Å². The molecule has 2 aliphatic rings. The highest BCUT2D eigenvalue weighted by Crippen LogP contribution is 2.35. The van der Waals surface area contributed by atoms with Crippen molar-refractivity contribution in [3.8, 4) is 0 Å². The minimum atomic E-state index is 0.365. The molecule has 2 fully saturated rings. The molecule has 0 spiro atoms. The molecule has 0 aromatic rings. The van der Waals surface area contributed by atoms with Gasteiger partial charge < -0.3 is 10.5 Å². The van der Waals surface area contributed by atoms with Crippen LogP contribution in [0.25, 0.3) is 0 Å². The van der Waals surface area contributed by atoms with Crippen LogP contribution in [-0.2, 0) is 4.74 Å². The lowest BCUT2D eigenvalue weighted by atomic mass is 9.81. The summed E-state index contributed by atoms with van der Waals surface area (Å²) in [7, 11) is 0. The van der Waals surface area contributed by atoms with Gasteiger partial charge >= 0.3 is 0 Å². The van der Waals surface area contributed by atoms with E-state index in [2.05, 4.69) is 0 Å². The first kappa shape index (κ1) is 8.52. The van der Waals surface area contributed by atoms with E-state index in [0.29, 0.717) is 18.8 Å². The van der Waals surface area contributed by atoms with Gasteiger partial charge in [-0.15, -0.1) is 0 Å². The van der Waals surface area contributed by atoms with Crippen molar-refractivity contribution in [2.45, 2.75) is 50.7 Å². The topological polar surface area (TPSA) is 35.2 Å². The van der Waals surface area contributed by atoms with Crippen LogP contribution in [0.15, 0.2) is 0 Å². The maximum atomic E-state index is 5.91. The van der Waals surface area contributed by atoms with Gasteiger partial charge in [0.1, 0.15) is 0 Å². The molecule has 0 amide bonds. The molecule has 3 unspecified atom stereocenters. The second-order valence-corrected chi connectivity index (χ2v) is 4.15. The van der Waals surface area contributed by atoms with Gasteiger partial charge in [-0.3, -0.25) is 0 Å². The molecule has 2 nitrogen and oxygen atoms in total. The number of hydrogen-bond acceptors (Lipinski definition) is 2. The number of fused-ring (bicyclic) bond motifs is 1. The predicted molar refractivity (Wildman–Crippen MR) is 48.9 cm³/mol. The molecule has 0 radical (unpaired) electrons. The van der Waals surface area contributed by atoms with Gasteiger partial charge in [-0.25, -0.2) is 0 Å². The lowest BCUT2D eigenvalue weighted by Gasteiger charge is -2.39. The first-order chi connectivity index (χ1) is 5.90. The van der Waals surface area contributed by atoms with Gasteiger partial charge in [-0.1, -0.05) is 12.8 Å². The van der Waals surface area contributed by atoms with Crippen molar-refractivity contribution in [3.05, 3.63) is 0 Å². The summed E-state index contributed by atoms with van der Waals surface area (Å²) in [6, 6.07) is 0. The average Bonchev–Trinajstić information content (AvgIpc) is 2.17. The minimum absolute atomic E-state index is 0.365. The third-order valence-electron chi connectivity index (χ3n) is 3.33. The Labute approximate surface area is 74.5 Å². The smallest absolute Gasteiger partial charge is 0.0701 e. The lowest BCUT2D eigenvalue weighted by molar-refractivity contribution is -0.0942. The minimum Gasteiger partial charge on any atom is -0.373 e. The van der Waals surface area contributed by atoms with Crippen molar-refractivity contribution in [1.82, 2.24) is 0 Å². The maximum Gasteiger partial charge on any atom is 0.0701 e. The number of rotatable bonds is 1. The van der Waals surface area contributed by atoms with Crippen molar-refractivity contribution >= 4 is 0 Å². The largest absolute Gasteiger partial charge is 0.373 e. The second kappa shape index (κ2) is 3.75. The van der Waals surface area contributed by atoms with Crippen LogP contribution in [0, 0.1) is 5.92 Å². The normalized spacial score (nSPS) is 42.2.